The van der Waals surface area contributed by atoms with Crippen LogP contribution in [-0.4, -0.2) is 47.4 Å². The molecule has 7 nitrogen and oxygen atoms in total. The van der Waals surface area contributed by atoms with Crippen molar-refractivity contribution >= 4 is 40.0 Å². The number of nitrogens with zero attached hydrogens (tertiary/aromatic N) is 1. The molecule has 3 N–H and O–H groups in total. The lowest BCUT2D eigenvalue weighted by Crippen LogP contribution is -2.43. The van der Waals surface area contributed by atoms with Gasteiger partial charge in [0.25, 0.3) is 0 Å². The van der Waals surface area contributed by atoms with Crippen LogP contribution in [0.3, 0.4) is 0 Å². The molecule has 0 radical (unpaired) electrons. The van der Waals surface area contributed by atoms with Gasteiger partial charge in [-0.3, -0.25) is 4.99 Å². The van der Waals surface area contributed by atoms with E-state index in [0.29, 0.717) is 25.7 Å². The van der Waals surface area contributed by atoms with Crippen LogP contribution in [0.4, 0.5) is 0 Å². The zero-order chi connectivity index (χ0) is 16.0. The van der Waals surface area contributed by atoms with Crippen LogP contribution in [0.5, 0.6) is 5.75 Å². The van der Waals surface area contributed by atoms with Gasteiger partial charge >= 0.3 is 0 Å². The average Bonchev–Trinajstić information content (AvgIpc) is 2.49. The minimum Gasteiger partial charge on any atom is -0.493 e. The first kappa shape index (κ1) is 20.0. The highest BCUT2D eigenvalue weighted by atomic mass is 127. The molecule has 0 saturated carbocycles. The number of guanidine groups is 1. The summed E-state index contributed by atoms with van der Waals surface area (Å²) in [7, 11) is -1.48. The molecule has 1 aliphatic rings. The first-order valence-corrected chi connectivity index (χ1v) is 9.02. The fourth-order valence-corrected chi connectivity index (χ4v) is 2.74. The maximum atomic E-state index is 11.0. The van der Waals surface area contributed by atoms with Crippen molar-refractivity contribution in [1.82, 2.24) is 15.4 Å². The predicted molar refractivity (Wildman–Crippen MR) is 102 cm³/mol. The van der Waals surface area contributed by atoms with Crippen LogP contribution in [0.1, 0.15) is 18.0 Å². The van der Waals surface area contributed by atoms with Gasteiger partial charge in [-0.05, 0) is 6.07 Å². The molecule has 0 bridgehead atoms. The van der Waals surface area contributed by atoms with Crippen LogP contribution in [0.15, 0.2) is 29.3 Å². The Morgan fingerprint density at radius 1 is 1.35 bits per heavy atom. The summed E-state index contributed by atoms with van der Waals surface area (Å²) in [5.74, 6) is 1.53. The van der Waals surface area contributed by atoms with E-state index in [0.717, 1.165) is 24.0 Å². The molecule has 1 heterocycles. The molecule has 0 fully saturated rings. The maximum absolute atomic E-state index is 11.0. The van der Waals surface area contributed by atoms with Crippen LogP contribution < -0.4 is 20.1 Å². The number of aliphatic imine (C=N–C) groups is 1. The lowest BCUT2D eigenvalue weighted by Gasteiger charge is -2.28. The molecule has 23 heavy (non-hydrogen) atoms. The molecular formula is C14H23IN4O3S. The van der Waals surface area contributed by atoms with Crippen LogP contribution >= 0.6 is 24.0 Å². The topological polar surface area (TPSA) is 91.8 Å². The monoisotopic (exact) mass is 454 g/mol. The van der Waals surface area contributed by atoms with Crippen molar-refractivity contribution in [2.75, 3.05) is 33.0 Å². The summed E-state index contributed by atoms with van der Waals surface area (Å²) in [5.41, 5.74) is 1.10. The molecule has 0 amide bonds. The highest BCUT2D eigenvalue weighted by molar-refractivity contribution is 14.0. The van der Waals surface area contributed by atoms with Crippen molar-refractivity contribution in [3.05, 3.63) is 29.8 Å². The summed E-state index contributed by atoms with van der Waals surface area (Å²) in [6.45, 7) is 1.42. The Balaban J connectivity index is 0.00000264. The molecule has 1 unspecified atom stereocenters. The number of halogens is 1. The molecular weight excluding hydrogens is 431 g/mol. The molecule has 1 atom stereocenters. The SMILES string of the molecule is CN=C(NCCNS(C)(=O)=O)NC1CCOc2ccccc21.I. The van der Waals surface area contributed by atoms with Gasteiger partial charge < -0.3 is 15.4 Å². The number of hydrogen-bond acceptors (Lipinski definition) is 4. The quantitative estimate of drug-likeness (QED) is 0.266. The van der Waals surface area contributed by atoms with Crippen molar-refractivity contribution in [2.45, 2.75) is 12.5 Å². The van der Waals surface area contributed by atoms with Gasteiger partial charge in [-0.2, -0.15) is 0 Å². The second kappa shape index (κ2) is 9.28. The molecule has 1 aromatic rings. The number of rotatable bonds is 5. The second-order valence-corrected chi connectivity index (χ2v) is 6.87. The fourth-order valence-electron chi connectivity index (χ4n) is 2.27. The van der Waals surface area contributed by atoms with Gasteiger partial charge in [-0.15, -0.1) is 24.0 Å². The van der Waals surface area contributed by atoms with Gasteiger partial charge in [-0.25, -0.2) is 13.1 Å². The van der Waals surface area contributed by atoms with Crippen LogP contribution in [0, 0.1) is 0 Å². The number of fused-ring (bicyclic) bond motifs is 1. The molecule has 2 rings (SSSR count). The third kappa shape index (κ3) is 6.51. The Bertz CT molecular complexity index is 637. The Morgan fingerprint density at radius 3 is 2.78 bits per heavy atom. The number of ether oxygens (including phenoxy) is 1. The third-order valence-electron chi connectivity index (χ3n) is 3.27. The fraction of sp³-hybridized carbons (Fsp3) is 0.500. The number of sulfonamides is 1. The number of nitrogens with one attached hydrogen (secondary N) is 3. The van der Waals surface area contributed by atoms with Crippen molar-refractivity contribution in [2.24, 2.45) is 4.99 Å². The minimum atomic E-state index is -3.16. The van der Waals surface area contributed by atoms with Crippen LogP contribution in [-0.2, 0) is 10.0 Å². The van der Waals surface area contributed by atoms with E-state index in [1.54, 1.807) is 7.05 Å². The van der Waals surface area contributed by atoms with E-state index in [2.05, 4.69) is 20.3 Å². The largest absolute Gasteiger partial charge is 0.493 e. The van der Waals surface area contributed by atoms with Crippen molar-refractivity contribution < 1.29 is 13.2 Å². The van der Waals surface area contributed by atoms with Gasteiger partial charge in [0.05, 0.1) is 18.9 Å². The summed E-state index contributed by atoms with van der Waals surface area (Å²) in [4.78, 5) is 4.17. The van der Waals surface area contributed by atoms with E-state index in [4.69, 9.17) is 4.74 Å². The van der Waals surface area contributed by atoms with E-state index in [1.807, 2.05) is 24.3 Å². The smallest absolute Gasteiger partial charge is 0.208 e. The van der Waals surface area contributed by atoms with E-state index < -0.39 is 10.0 Å². The van der Waals surface area contributed by atoms with Crippen molar-refractivity contribution in [3.63, 3.8) is 0 Å². The van der Waals surface area contributed by atoms with Gasteiger partial charge in [0.1, 0.15) is 5.75 Å². The molecule has 0 saturated heterocycles. The number of para-hydroxylation sites is 1. The van der Waals surface area contributed by atoms with Gasteiger partial charge in [0.15, 0.2) is 5.96 Å². The summed E-state index contributed by atoms with van der Waals surface area (Å²) < 4.78 is 30.1. The van der Waals surface area contributed by atoms with E-state index in [9.17, 15) is 8.42 Å². The lowest BCUT2D eigenvalue weighted by molar-refractivity contribution is 0.261. The molecule has 0 aromatic heterocycles. The van der Waals surface area contributed by atoms with Crippen LogP contribution in [0.2, 0.25) is 0 Å². The van der Waals surface area contributed by atoms with E-state index in [-0.39, 0.29) is 30.0 Å². The van der Waals surface area contributed by atoms with Gasteiger partial charge in [0.2, 0.25) is 10.0 Å². The van der Waals surface area contributed by atoms with Crippen molar-refractivity contribution in [1.29, 1.82) is 0 Å². The maximum Gasteiger partial charge on any atom is 0.208 e. The summed E-state index contributed by atoms with van der Waals surface area (Å²) >= 11 is 0. The van der Waals surface area contributed by atoms with Crippen LogP contribution in [0.25, 0.3) is 0 Å². The Kier molecular flexibility index (Phi) is 8.06. The average molecular weight is 454 g/mol. The molecule has 9 heteroatoms. The molecule has 0 spiro atoms. The number of hydrogen-bond donors (Lipinski definition) is 3. The predicted octanol–water partition coefficient (Wildman–Crippen LogP) is 0.842. The second-order valence-electron chi connectivity index (χ2n) is 5.04. The van der Waals surface area contributed by atoms with E-state index >= 15 is 0 Å². The third-order valence-corrected chi connectivity index (χ3v) is 4.00. The summed E-state index contributed by atoms with van der Waals surface area (Å²) in [6, 6.07) is 8.04. The minimum absolute atomic E-state index is 0. The first-order chi connectivity index (χ1) is 10.5. The first-order valence-electron chi connectivity index (χ1n) is 7.13. The van der Waals surface area contributed by atoms with Crippen molar-refractivity contribution in [3.8, 4) is 5.75 Å². The molecule has 130 valence electrons. The Morgan fingerprint density at radius 2 is 2.09 bits per heavy atom. The lowest BCUT2D eigenvalue weighted by atomic mass is 10.0. The Labute approximate surface area is 154 Å². The molecule has 0 aliphatic carbocycles. The highest BCUT2D eigenvalue weighted by Crippen LogP contribution is 2.31. The zero-order valence-corrected chi connectivity index (χ0v) is 16.4. The highest BCUT2D eigenvalue weighted by Gasteiger charge is 2.21. The van der Waals surface area contributed by atoms with Gasteiger partial charge in [-0.1, -0.05) is 18.2 Å². The normalized spacial score (nSPS) is 17.5. The zero-order valence-electron chi connectivity index (χ0n) is 13.2. The van der Waals surface area contributed by atoms with Gasteiger partial charge in [0, 0.05) is 32.1 Å². The Hall–Kier alpha value is -1.07. The molecule has 1 aliphatic heterocycles. The summed E-state index contributed by atoms with van der Waals surface area (Å²) in [5, 5.41) is 6.43. The number of benzene rings is 1. The van der Waals surface area contributed by atoms with E-state index in [1.165, 1.54) is 0 Å². The molecule has 1 aromatic carbocycles. The summed E-state index contributed by atoms with van der Waals surface area (Å²) in [6.07, 6.45) is 1.98. The standard InChI is InChI=1S/C14H22N4O3S.HI/c1-15-14(16-8-9-17-22(2,19)20)18-12-7-10-21-13-6-4-3-5-11(12)13;/h3-6,12,17H,7-10H2,1-2H3,(H2,15,16,18);1H.